The molecule has 1 amide bonds. The van der Waals surface area contributed by atoms with Gasteiger partial charge in [-0.05, 0) is 62.8 Å². The molecular formula is C25H29N5O3. The summed E-state index contributed by atoms with van der Waals surface area (Å²) in [4.78, 5) is 38.8. The Hall–Kier alpha value is -3.52. The second kappa shape index (κ2) is 9.54. The molecule has 0 aliphatic carbocycles. The molecular weight excluding hydrogens is 418 g/mol. The normalized spacial score (nSPS) is 18.1. The zero-order valence-electron chi connectivity index (χ0n) is 19.2. The summed E-state index contributed by atoms with van der Waals surface area (Å²) >= 11 is 0. The average molecular weight is 448 g/mol. The van der Waals surface area contributed by atoms with E-state index in [0.29, 0.717) is 23.6 Å². The Kier molecular flexibility index (Phi) is 6.55. The van der Waals surface area contributed by atoms with Gasteiger partial charge in [0, 0.05) is 25.1 Å². The van der Waals surface area contributed by atoms with Crippen LogP contribution in [0.1, 0.15) is 43.3 Å². The van der Waals surface area contributed by atoms with Crippen LogP contribution in [0.4, 0.5) is 0 Å². The molecule has 8 nitrogen and oxygen atoms in total. The number of imidazole rings is 1. The molecule has 0 radical (unpaired) electrons. The van der Waals surface area contributed by atoms with Gasteiger partial charge in [0.15, 0.2) is 5.76 Å². The summed E-state index contributed by atoms with van der Waals surface area (Å²) in [6.07, 6.45) is 5.77. The van der Waals surface area contributed by atoms with Crippen LogP contribution >= 0.6 is 0 Å². The lowest BCUT2D eigenvalue weighted by atomic mass is 9.97. The fourth-order valence-electron chi connectivity index (χ4n) is 4.53. The highest BCUT2D eigenvalue weighted by Gasteiger charge is 2.46. The minimum Gasteiger partial charge on any atom is -0.505 e. The lowest BCUT2D eigenvalue weighted by molar-refractivity contribution is -0.140. The number of rotatable bonds is 8. The molecule has 1 atom stereocenters. The summed E-state index contributed by atoms with van der Waals surface area (Å²) in [7, 11) is 0. The molecule has 0 bridgehead atoms. The van der Waals surface area contributed by atoms with E-state index < -0.39 is 17.7 Å². The standard InChI is InChI=1S/C25H29N5O3/c1-4-28(5-2)14-8-16-30-22(18-10-12-26-13-11-18)20(24(32)25(30)33)23(31)21-17(3)27-19-9-6-7-15-29(19)21/h6-7,9-13,15,22,31H,4-5,8,14,16H2,1-3H3/b23-20+/t22-/m1/s1. The Labute approximate surface area is 193 Å². The van der Waals surface area contributed by atoms with Crippen molar-refractivity contribution in [3.05, 3.63) is 71.4 Å². The molecule has 4 heterocycles. The fourth-order valence-corrected chi connectivity index (χ4v) is 4.53. The van der Waals surface area contributed by atoms with Crippen molar-refractivity contribution in [3.63, 3.8) is 0 Å². The van der Waals surface area contributed by atoms with Crippen molar-refractivity contribution in [1.29, 1.82) is 0 Å². The Morgan fingerprint density at radius 1 is 1.12 bits per heavy atom. The van der Waals surface area contributed by atoms with E-state index in [4.69, 9.17) is 0 Å². The topological polar surface area (TPSA) is 91.0 Å². The molecule has 8 heteroatoms. The predicted molar refractivity (Wildman–Crippen MR) is 126 cm³/mol. The number of likely N-dealkylation sites (tertiary alicyclic amines) is 1. The third kappa shape index (κ3) is 4.14. The SMILES string of the molecule is CCN(CC)CCCN1C(=O)C(=O)/C(=C(/O)c2c(C)nc3ccccn23)[C@H]1c1ccncc1. The van der Waals surface area contributed by atoms with Crippen molar-refractivity contribution in [2.75, 3.05) is 26.2 Å². The summed E-state index contributed by atoms with van der Waals surface area (Å²) in [6.45, 7) is 9.08. The van der Waals surface area contributed by atoms with Gasteiger partial charge in [0.1, 0.15) is 11.3 Å². The van der Waals surface area contributed by atoms with E-state index in [2.05, 4.69) is 28.7 Å². The molecule has 1 aliphatic rings. The molecule has 0 saturated carbocycles. The van der Waals surface area contributed by atoms with Crippen LogP contribution in [0.25, 0.3) is 11.4 Å². The quantitative estimate of drug-likeness (QED) is 0.324. The van der Waals surface area contributed by atoms with Crippen molar-refractivity contribution < 1.29 is 14.7 Å². The maximum absolute atomic E-state index is 13.2. The number of Topliss-reactive ketones (excluding diaryl/α,β-unsaturated/α-hetero) is 1. The maximum Gasteiger partial charge on any atom is 0.295 e. The second-order valence-corrected chi connectivity index (χ2v) is 8.13. The van der Waals surface area contributed by atoms with Gasteiger partial charge in [-0.3, -0.25) is 19.0 Å². The minimum atomic E-state index is -0.682. The van der Waals surface area contributed by atoms with E-state index in [1.807, 2.05) is 18.2 Å². The molecule has 1 N–H and O–H groups in total. The smallest absolute Gasteiger partial charge is 0.295 e. The lowest BCUT2D eigenvalue weighted by Gasteiger charge is -2.26. The number of aliphatic hydroxyl groups excluding tert-OH is 1. The monoisotopic (exact) mass is 447 g/mol. The molecule has 0 spiro atoms. The minimum absolute atomic E-state index is 0.0859. The molecule has 3 aromatic rings. The van der Waals surface area contributed by atoms with Gasteiger partial charge in [-0.15, -0.1) is 0 Å². The summed E-state index contributed by atoms with van der Waals surface area (Å²) in [5.41, 5.74) is 2.49. The Bertz CT molecular complexity index is 1200. The van der Waals surface area contributed by atoms with Crippen LogP contribution in [-0.2, 0) is 9.59 Å². The molecule has 0 unspecified atom stereocenters. The molecule has 33 heavy (non-hydrogen) atoms. The largest absolute Gasteiger partial charge is 0.505 e. The van der Waals surface area contributed by atoms with E-state index in [-0.39, 0.29) is 11.3 Å². The first-order chi connectivity index (χ1) is 16.0. The lowest BCUT2D eigenvalue weighted by Crippen LogP contribution is -2.33. The number of ketones is 1. The summed E-state index contributed by atoms with van der Waals surface area (Å²) < 4.78 is 1.74. The molecule has 3 aromatic heterocycles. The molecule has 1 aliphatic heterocycles. The van der Waals surface area contributed by atoms with Gasteiger partial charge in [-0.25, -0.2) is 4.98 Å². The Morgan fingerprint density at radius 3 is 2.55 bits per heavy atom. The Balaban J connectivity index is 1.80. The van der Waals surface area contributed by atoms with Gasteiger partial charge in [0.2, 0.25) is 0 Å². The zero-order valence-corrected chi connectivity index (χ0v) is 19.2. The predicted octanol–water partition coefficient (Wildman–Crippen LogP) is 3.19. The van der Waals surface area contributed by atoms with Crippen LogP contribution in [0.2, 0.25) is 0 Å². The summed E-state index contributed by atoms with van der Waals surface area (Å²) in [6, 6.07) is 8.40. The molecule has 0 aromatic carbocycles. The van der Waals surface area contributed by atoms with Crippen LogP contribution in [0, 0.1) is 6.92 Å². The highest BCUT2D eigenvalue weighted by atomic mass is 16.3. The first kappa shape index (κ1) is 22.7. The third-order valence-corrected chi connectivity index (χ3v) is 6.26. The fraction of sp³-hybridized carbons (Fsp3) is 0.360. The van der Waals surface area contributed by atoms with Crippen LogP contribution in [0.5, 0.6) is 0 Å². The average Bonchev–Trinajstić information content (AvgIpc) is 3.30. The maximum atomic E-state index is 13.2. The van der Waals surface area contributed by atoms with Gasteiger partial charge >= 0.3 is 0 Å². The van der Waals surface area contributed by atoms with Crippen molar-refractivity contribution >= 4 is 23.1 Å². The van der Waals surface area contributed by atoms with Crippen LogP contribution in [-0.4, -0.2) is 67.1 Å². The van der Waals surface area contributed by atoms with Crippen LogP contribution in [0.15, 0.2) is 54.5 Å². The number of hydrogen-bond acceptors (Lipinski definition) is 6. The highest BCUT2D eigenvalue weighted by molar-refractivity contribution is 6.46. The number of pyridine rings is 2. The molecule has 4 rings (SSSR count). The number of carbonyl (C=O) groups excluding carboxylic acids is 2. The zero-order chi connectivity index (χ0) is 23.5. The van der Waals surface area contributed by atoms with Crippen LogP contribution < -0.4 is 0 Å². The van der Waals surface area contributed by atoms with Crippen LogP contribution in [0.3, 0.4) is 0 Å². The van der Waals surface area contributed by atoms with E-state index in [1.54, 1.807) is 46.9 Å². The van der Waals surface area contributed by atoms with Gasteiger partial charge in [-0.2, -0.15) is 0 Å². The number of hydrogen-bond donors (Lipinski definition) is 1. The van der Waals surface area contributed by atoms with Crippen molar-refractivity contribution in [2.45, 2.75) is 33.2 Å². The van der Waals surface area contributed by atoms with Crippen molar-refractivity contribution in [1.82, 2.24) is 24.2 Å². The number of amides is 1. The number of nitrogens with zero attached hydrogens (tertiary/aromatic N) is 5. The van der Waals surface area contributed by atoms with Gasteiger partial charge in [-0.1, -0.05) is 19.9 Å². The molecule has 172 valence electrons. The van der Waals surface area contributed by atoms with E-state index in [9.17, 15) is 14.7 Å². The summed E-state index contributed by atoms with van der Waals surface area (Å²) in [5, 5.41) is 11.4. The van der Waals surface area contributed by atoms with E-state index in [1.165, 1.54) is 0 Å². The van der Waals surface area contributed by atoms with Gasteiger partial charge < -0.3 is 14.9 Å². The van der Waals surface area contributed by atoms with Gasteiger partial charge in [0.25, 0.3) is 11.7 Å². The number of carbonyl (C=O) groups is 2. The number of aromatic nitrogens is 3. The van der Waals surface area contributed by atoms with E-state index >= 15 is 0 Å². The first-order valence-corrected chi connectivity index (χ1v) is 11.3. The molecule has 1 fully saturated rings. The second-order valence-electron chi connectivity index (χ2n) is 8.13. The number of fused-ring (bicyclic) bond motifs is 1. The number of aryl methyl sites for hydroxylation is 1. The molecule has 1 saturated heterocycles. The van der Waals surface area contributed by atoms with E-state index in [0.717, 1.165) is 31.6 Å². The summed E-state index contributed by atoms with van der Waals surface area (Å²) in [5.74, 6) is -1.48. The first-order valence-electron chi connectivity index (χ1n) is 11.3. The van der Waals surface area contributed by atoms with Crippen molar-refractivity contribution in [2.24, 2.45) is 0 Å². The Morgan fingerprint density at radius 2 is 1.85 bits per heavy atom. The van der Waals surface area contributed by atoms with Gasteiger partial charge in [0.05, 0.1) is 17.3 Å². The highest BCUT2D eigenvalue weighted by Crippen LogP contribution is 2.39. The van der Waals surface area contributed by atoms with Crippen molar-refractivity contribution in [3.8, 4) is 0 Å². The number of aliphatic hydroxyl groups is 1. The third-order valence-electron chi connectivity index (χ3n) is 6.26.